The Balaban J connectivity index is 2.91. The highest BCUT2D eigenvalue weighted by Crippen LogP contribution is 2.19. The third-order valence-corrected chi connectivity index (χ3v) is 3.15. The highest BCUT2D eigenvalue weighted by molar-refractivity contribution is 5.97. The lowest BCUT2D eigenvalue weighted by Crippen LogP contribution is -2.56. The topological polar surface area (TPSA) is 68.3 Å². The molecule has 1 N–H and O–H groups in total. The summed E-state index contributed by atoms with van der Waals surface area (Å²) in [5.74, 6) is -0.855. The van der Waals surface area contributed by atoms with Crippen molar-refractivity contribution in [3.63, 3.8) is 0 Å². The summed E-state index contributed by atoms with van der Waals surface area (Å²) < 4.78 is 5.04. The van der Waals surface area contributed by atoms with Gasteiger partial charge < -0.3 is 10.1 Å². The van der Waals surface area contributed by atoms with Crippen LogP contribution in [0.3, 0.4) is 0 Å². The highest BCUT2D eigenvalue weighted by Gasteiger charge is 2.39. The summed E-state index contributed by atoms with van der Waals surface area (Å²) in [5, 5.41) is 2.74. The minimum Gasteiger partial charge on any atom is -0.464 e. The van der Waals surface area contributed by atoms with E-state index in [9.17, 15) is 9.59 Å². The molecule has 19 heavy (non-hydrogen) atoms. The molecule has 1 atom stereocenters. The van der Waals surface area contributed by atoms with Gasteiger partial charge in [-0.05, 0) is 31.9 Å². The van der Waals surface area contributed by atoms with Gasteiger partial charge >= 0.3 is 5.97 Å². The number of pyridine rings is 1. The molecule has 0 radical (unpaired) electrons. The van der Waals surface area contributed by atoms with E-state index in [4.69, 9.17) is 4.74 Å². The minimum absolute atomic E-state index is 0.0906. The van der Waals surface area contributed by atoms with Gasteiger partial charge in [0.05, 0.1) is 12.2 Å². The molecule has 0 aromatic carbocycles. The van der Waals surface area contributed by atoms with E-state index in [0.717, 1.165) is 0 Å². The van der Waals surface area contributed by atoms with Gasteiger partial charge in [0, 0.05) is 12.4 Å². The van der Waals surface area contributed by atoms with E-state index < -0.39 is 11.5 Å². The first-order valence-electron chi connectivity index (χ1n) is 6.31. The van der Waals surface area contributed by atoms with Crippen LogP contribution in [0.4, 0.5) is 0 Å². The van der Waals surface area contributed by atoms with Gasteiger partial charge in [-0.3, -0.25) is 9.78 Å². The van der Waals surface area contributed by atoms with E-state index >= 15 is 0 Å². The zero-order valence-corrected chi connectivity index (χ0v) is 11.8. The van der Waals surface area contributed by atoms with E-state index in [-0.39, 0.29) is 18.4 Å². The van der Waals surface area contributed by atoms with E-state index in [1.807, 2.05) is 13.8 Å². The van der Waals surface area contributed by atoms with E-state index in [1.54, 1.807) is 32.2 Å². The lowest BCUT2D eigenvalue weighted by atomic mass is 9.88. The third kappa shape index (κ3) is 3.53. The maximum Gasteiger partial charge on any atom is 0.331 e. The number of nitrogens with zero attached hydrogens (tertiary/aromatic N) is 1. The Morgan fingerprint density at radius 1 is 1.47 bits per heavy atom. The molecule has 1 aromatic heterocycles. The smallest absolute Gasteiger partial charge is 0.331 e. The molecule has 5 nitrogen and oxygen atoms in total. The first kappa shape index (κ1) is 15.1. The zero-order valence-electron chi connectivity index (χ0n) is 11.8. The molecule has 0 bridgehead atoms. The predicted octanol–water partition coefficient (Wildman–Crippen LogP) is 1.79. The molecule has 1 heterocycles. The molecule has 0 aliphatic rings. The van der Waals surface area contributed by atoms with Crippen molar-refractivity contribution in [1.82, 2.24) is 10.3 Å². The van der Waals surface area contributed by atoms with Crippen molar-refractivity contribution in [3.8, 4) is 0 Å². The Hall–Kier alpha value is -1.91. The SMILES string of the molecule is CCOC(=O)C(C)(NC(=O)c1cccnc1)C(C)C. The number of ether oxygens (including phenoxy) is 1. The molecule has 0 saturated heterocycles. The average Bonchev–Trinajstić information content (AvgIpc) is 2.39. The third-order valence-electron chi connectivity index (χ3n) is 3.15. The largest absolute Gasteiger partial charge is 0.464 e. The van der Waals surface area contributed by atoms with Crippen LogP contribution in [0, 0.1) is 5.92 Å². The van der Waals surface area contributed by atoms with Crippen LogP contribution in [0.25, 0.3) is 0 Å². The molecule has 0 aliphatic heterocycles. The van der Waals surface area contributed by atoms with Gasteiger partial charge in [-0.25, -0.2) is 4.79 Å². The first-order chi connectivity index (χ1) is 8.91. The summed E-state index contributed by atoms with van der Waals surface area (Å²) in [7, 11) is 0. The molecule has 0 spiro atoms. The predicted molar refractivity (Wildman–Crippen MR) is 71.6 cm³/mol. The van der Waals surface area contributed by atoms with Crippen LogP contribution < -0.4 is 5.32 Å². The van der Waals surface area contributed by atoms with Crippen LogP contribution in [-0.4, -0.2) is 29.0 Å². The van der Waals surface area contributed by atoms with Crippen molar-refractivity contribution in [2.45, 2.75) is 33.2 Å². The molecule has 1 unspecified atom stereocenters. The number of nitrogens with one attached hydrogen (secondary N) is 1. The maximum absolute atomic E-state index is 12.1. The van der Waals surface area contributed by atoms with Gasteiger partial charge in [-0.1, -0.05) is 13.8 Å². The van der Waals surface area contributed by atoms with Crippen molar-refractivity contribution in [2.75, 3.05) is 6.61 Å². The molecule has 1 rings (SSSR count). The summed E-state index contributed by atoms with van der Waals surface area (Å²) in [5.41, 5.74) is -0.637. The highest BCUT2D eigenvalue weighted by atomic mass is 16.5. The standard InChI is InChI=1S/C14H20N2O3/c1-5-19-13(18)14(4,10(2)3)16-12(17)11-7-6-8-15-9-11/h6-10H,5H2,1-4H3,(H,16,17). The molecule has 0 aliphatic carbocycles. The molecule has 5 heteroatoms. The number of esters is 1. The van der Waals surface area contributed by atoms with Crippen molar-refractivity contribution in [3.05, 3.63) is 30.1 Å². The average molecular weight is 264 g/mol. The van der Waals surface area contributed by atoms with E-state index in [1.165, 1.54) is 6.20 Å². The number of amides is 1. The van der Waals surface area contributed by atoms with Crippen LogP contribution in [-0.2, 0) is 9.53 Å². The Labute approximate surface area is 113 Å². The Morgan fingerprint density at radius 2 is 2.16 bits per heavy atom. The fourth-order valence-corrected chi connectivity index (χ4v) is 1.52. The second-order valence-corrected chi connectivity index (χ2v) is 4.77. The van der Waals surface area contributed by atoms with Crippen LogP contribution in [0.5, 0.6) is 0 Å². The fourth-order valence-electron chi connectivity index (χ4n) is 1.52. The van der Waals surface area contributed by atoms with Gasteiger partial charge in [-0.2, -0.15) is 0 Å². The van der Waals surface area contributed by atoms with Crippen molar-refractivity contribution < 1.29 is 14.3 Å². The second-order valence-electron chi connectivity index (χ2n) is 4.77. The summed E-state index contributed by atoms with van der Waals surface area (Å²) in [6.45, 7) is 7.41. The van der Waals surface area contributed by atoms with Gasteiger partial charge in [0.15, 0.2) is 0 Å². The summed E-state index contributed by atoms with van der Waals surface area (Å²) >= 11 is 0. The molecule has 0 saturated carbocycles. The number of carbonyl (C=O) groups is 2. The van der Waals surface area contributed by atoms with Gasteiger partial charge in [0.1, 0.15) is 5.54 Å². The molecule has 1 aromatic rings. The summed E-state index contributed by atoms with van der Waals surface area (Å²) in [4.78, 5) is 28.0. The molecule has 104 valence electrons. The van der Waals surface area contributed by atoms with E-state index in [2.05, 4.69) is 10.3 Å². The second kappa shape index (κ2) is 6.31. The number of carbonyl (C=O) groups excluding carboxylic acids is 2. The van der Waals surface area contributed by atoms with E-state index in [0.29, 0.717) is 5.56 Å². The van der Waals surface area contributed by atoms with Crippen molar-refractivity contribution in [2.24, 2.45) is 5.92 Å². The monoisotopic (exact) mass is 264 g/mol. The Kier molecular flexibility index (Phi) is 5.03. The Bertz CT molecular complexity index is 445. The van der Waals surface area contributed by atoms with Crippen molar-refractivity contribution in [1.29, 1.82) is 0 Å². The zero-order chi connectivity index (χ0) is 14.5. The number of aromatic nitrogens is 1. The Morgan fingerprint density at radius 3 is 2.63 bits per heavy atom. The first-order valence-corrected chi connectivity index (χ1v) is 6.31. The number of hydrogen-bond donors (Lipinski definition) is 1. The van der Waals surface area contributed by atoms with Gasteiger partial charge in [0.2, 0.25) is 0 Å². The molecule has 0 fully saturated rings. The normalized spacial score (nSPS) is 13.7. The van der Waals surface area contributed by atoms with Crippen LogP contribution in [0.2, 0.25) is 0 Å². The maximum atomic E-state index is 12.1. The van der Waals surface area contributed by atoms with Gasteiger partial charge in [-0.15, -0.1) is 0 Å². The van der Waals surface area contributed by atoms with Gasteiger partial charge in [0.25, 0.3) is 5.91 Å². The quantitative estimate of drug-likeness (QED) is 0.823. The van der Waals surface area contributed by atoms with Crippen LogP contribution >= 0.6 is 0 Å². The molecule has 1 amide bonds. The lowest BCUT2D eigenvalue weighted by molar-refractivity contribution is -0.152. The lowest BCUT2D eigenvalue weighted by Gasteiger charge is -2.32. The minimum atomic E-state index is -1.05. The van der Waals surface area contributed by atoms with Crippen LogP contribution in [0.1, 0.15) is 38.1 Å². The summed E-state index contributed by atoms with van der Waals surface area (Å²) in [6.07, 6.45) is 3.05. The number of hydrogen-bond acceptors (Lipinski definition) is 4. The summed E-state index contributed by atoms with van der Waals surface area (Å²) in [6, 6.07) is 3.32. The number of rotatable bonds is 5. The fraction of sp³-hybridized carbons (Fsp3) is 0.500. The molecular weight excluding hydrogens is 244 g/mol. The molecular formula is C14H20N2O3. The van der Waals surface area contributed by atoms with Crippen LogP contribution in [0.15, 0.2) is 24.5 Å². The van der Waals surface area contributed by atoms with Crippen molar-refractivity contribution >= 4 is 11.9 Å².